The number of rotatable bonds is 6. The van der Waals surface area contributed by atoms with Gasteiger partial charge in [-0.3, -0.25) is 0 Å². The summed E-state index contributed by atoms with van der Waals surface area (Å²) < 4.78 is 62.8. The molecule has 0 saturated heterocycles. The molecule has 0 bridgehead atoms. The topological polar surface area (TPSA) is 173 Å². The zero-order valence-electron chi connectivity index (χ0n) is 9.81. The molecule has 0 amide bonds. The summed E-state index contributed by atoms with van der Waals surface area (Å²) in [4.78, 5) is 0. The van der Waals surface area contributed by atoms with Crippen LogP contribution in [0.25, 0.3) is 0 Å². The van der Waals surface area contributed by atoms with Crippen LogP contribution in [0.4, 0.5) is 0 Å². The number of ether oxygens (including phenoxy) is 1. The molecule has 10 nitrogen and oxygen atoms in total. The minimum absolute atomic E-state index is 0. The first-order valence-electron chi connectivity index (χ1n) is 3.54. The van der Waals surface area contributed by atoms with Crippen LogP contribution in [0, 0.1) is 0 Å². The van der Waals surface area contributed by atoms with Crippen LogP contribution in [0.15, 0.2) is 0 Å². The molecule has 0 spiro atoms. The van der Waals surface area contributed by atoms with Crippen molar-refractivity contribution in [2.75, 3.05) is 26.4 Å². The Morgan fingerprint density at radius 2 is 1.11 bits per heavy atom. The fraction of sp³-hybridized carbons (Fsp3) is 1.00. The van der Waals surface area contributed by atoms with E-state index in [0.29, 0.717) is 13.2 Å². The van der Waals surface area contributed by atoms with Gasteiger partial charge in [-0.15, -0.1) is 0 Å². The van der Waals surface area contributed by atoms with Gasteiger partial charge in [-0.05, 0) is 0 Å². The maximum atomic E-state index is 9.29. The first kappa shape index (κ1) is 27.9. The van der Waals surface area contributed by atoms with Crippen LogP contribution in [0.3, 0.4) is 0 Å². The fourth-order valence-electron chi connectivity index (χ4n) is 0.333. The Balaban J connectivity index is -0.000000100. The van der Waals surface area contributed by atoms with Crippen molar-refractivity contribution in [2.24, 2.45) is 0 Å². The second kappa shape index (κ2) is 15.1. The minimum atomic E-state index is -5.43. The van der Waals surface area contributed by atoms with E-state index >= 15 is 0 Å². The summed E-state index contributed by atoms with van der Waals surface area (Å²) in [6, 6.07) is 0. The normalized spacial score (nSPS) is 10.4. The van der Waals surface area contributed by atoms with Crippen LogP contribution in [0.1, 0.15) is 0 Å². The third kappa shape index (κ3) is 36.1. The summed E-state index contributed by atoms with van der Waals surface area (Å²) in [5.74, 6) is 0. The van der Waals surface area contributed by atoms with E-state index in [-0.39, 0.29) is 72.3 Å². The molecule has 14 heteroatoms. The van der Waals surface area contributed by atoms with Crippen LogP contribution in [0.5, 0.6) is 0 Å². The van der Waals surface area contributed by atoms with Crippen molar-refractivity contribution in [1.82, 2.24) is 0 Å². The second-order valence-corrected chi connectivity index (χ2v) is 4.12. The molecule has 0 rings (SSSR count). The molecule has 0 aromatic heterocycles. The van der Waals surface area contributed by atoms with Crippen LogP contribution in [0.2, 0.25) is 0 Å². The van der Waals surface area contributed by atoms with Gasteiger partial charge in [0.25, 0.3) is 0 Å². The molecule has 0 aromatic rings. The van der Waals surface area contributed by atoms with Gasteiger partial charge >= 0.3 is 59.1 Å². The summed E-state index contributed by atoms with van der Waals surface area (Å²) in [7, 11) is -10.9. The Morgan fingerprint density at radius 1 is 0.833 bits per heavy atom. The largest absolute Gasteiger partial charge is 1.00 e. The number of aliphatic hydroxyl groups excluding tert-OH is 2. The average Bonchev–Trinajstić information content (AvgIpc) is 1.99. The molecular formula is C4H10Na2O10S2. The van der Waals surface area contributed by atoms with Crippen molar-refractivity contribution in [3.8, 4) is 0 Å². The van der Waals surface area contributed by atoms with E-state index in [2.05, 4.69) is 8.37 Å². The molecule has 18 heavy (non-hydrogen) atoms. The molecule has 0 radical (unpaired) electrons. The summed E-state index contributed by atoms with van der Waals surface area (Å²) in [6.45, 7) is 0.696. The van der Waals surface area contributed by atoms with Gasteiger partial charge in [0.15, 0.2) is 0 Å². The zero-order valence-corrected chi connectivity index (χ0v) is 15.4. The Bertz CT molecular complexity index is 316. The van der Waals surface area contributed by atoms with Crippen LogP contribution < -0.4 is 59.1 Å². The average molecular weight is 328 g/mol. The number of aliphatic hydroxyl groups is 2. The molecule has 0 atom stereocenters. The third-order valence-electron chi connectivity index (χ3n) is 0.638. The summed E-state index contributed by atoms with van der Waals surface area (Å²) in [5.41, 5.74) is 0. The first-order valence-corrected chi connectivity index (χ1v) is 6.21. The van der Waals surface area contributed by atoms with Crippen molar-refractivity contribution in [2.45, 2.75) is 0 Å². The van der Waals surface area contributed by atoms with Crippen molar-refractivity contribution >= 4 is 20.8 Å². The van der Waals surface area contributed by atoms with Gasteiger partial charge in [0, 0.05) is 0 Å². The standard InChI is InChI=1S/C4H10O3.2Na.H2O7S2/c5-1-3-7-4-2-6;;;1-8(2,3)7-9(4,5)6/h5-6H,1-4H2;;;(H,1,2,3)(H,4,5,6)/q;2*+1;/p-2. The van der Waals surface area contributed by atoms with Gasteiger partial charge in [0.1, 0.15) is 0 Å². The van der Waals surface area contributed by atoms with Crippen molar-refractivity contribution in [3.05, 3.63) is 0 Å². The fourth-order valence-corrected chi connectivity index (χ4v) is 1.15. The Morgan fingerprint density at radius 3 is 1.22 bits per heavy atom. The predicted molar refractivity (Wildman–Crippen MR) is 45.5 cm³/mol. The summed E-state index contributed by atoms with van der Waals surface area (Å²) in [6.07, 6.45) is 0. The smallest absolute Gasteiger partial charge is 0.725 e. The van der Waals surface area contributed by atoms with Crippen molar-refractivity contribution < 1.29 is 104 Å². The molecule has 0 saturated carbocycles. The summed E-state index contributed by atoms with van der Waals surface area (Å²) >= 11 is 0. The molecule has 0 fully saturated rings. The molecular weight excluding hydrogens is 318 g/mol. The first-order chi connectivity index (χ1) is 7.12. The van der Waals surface area contributed by atoms with E-state index in [0.717, 1.165) is 0 Å². The Labute approximate surface area is 149 Å². The summed E-state index contributed by atoms with van der Waals surface area (Å²) in [5, 5.41) is 16.2. The second-order valence-electron chi connectivity index (χ2n) is 1.94. The molecule has 100 valence electrons. The van der Waals surface area contributed by atoms with Crippen molar-refractivity contribution in [3.63, 3.8) is 0 Å². The van der Waals surface area contributed by atoms with Crippen molar-refractivity contribution in [1.29, 1.82) is 0 Å². The monoisotopic (exact) mass is 328 g/mol. The van der Waals surface area contributed by atoms with E-state index in [9.17, 15) is 25.9 Å². The molecule has 0 unspecified atom stereocenters. The minimum Gasteiger partial charge on any atom is -0.725 e. The van der Waals surface area contributed by atoms with E-state index < -0.39 is 20.8 Å². The van der Waals surface area contributed by atoms with Gasteiger partial charge in [-0.2, -0.15) is 3.63 Å². The maximum Gasteiger partial charge on any atom is 1.00 e. The van der Waals surface area contributed by atoms with Gasteiger partial charge < -0.3 is 24.1 Å². The number of hydrogen-bond acceptors (Lipinski definition) is 10. The van der Waals surface area contributed by atoms with Crippen LogP contribution in [-0.4, -0.2) is 62.6 Å². The van der Waals surface area contributed by atoms with Gasteiger partial charge in [0.05, 0.1) is 26.4 Å². The molecule has 0 aromatic carbocycles. The van der Waals surface area contributed by atoms with Gasteiger partial charge in [-0.25, -0.2) is 16.8 Å². The van der Waals surface area contributed by atoms with Gasteiger partial charge in [0.2, 0.25) is 20.8 Å². The van der Waals surface area contributed by atoms with E-state index in [1.54, 1.807) is 0 Å². The third-order valence-corrected chi connectivity index (χ3v) is 1.97. The Hall–Kier alpha value is 1.66. The van der Waals surface area contributed by atoms with Crippen LogP contribution in [-0.2, 0) is 29.2 Å². The van der Waals surface area contributed by atoms with E-state index in [4.69, 9.17) is 10.2 Å². The SMILES string of the molecule is O=S(=O)([O-])OS(=O)(=O)[O-].OCCOCCO.[Na+].[Na+]. The molecule has 0 aliphatic heterocycles. The molecule has 0 aliphatic rings. The van der Waals surface area contributed by atoms with Crippen LogP contribution >= 0.6 is 0 Å². The maximum absolute atomic E-state index is 9.29. The molecule has 0 heterocycles. The number of hydrogen-bond donors (Lipinski definition) is 2. The predicted octanol–water partition coefficient (Wildman–Crippen LogP) is -9.08. The quantitative estimate of drug-likeness (QED) is 0.206. The Kier molecular flexibility index (Phi) is 23.3. The van der Waals surface area contributed by atoms with E-state index in [1.165, 1.54) is 0 Å². The molecule has 2 N–H and O–H groups in total. The van der Waals surface area contributed by atoms with E-state index in [1.807, 2.05) is 0 Å². The van der Waals surface area contributed by atoms with Gasteiger partial charge in [-0.1, -0.05) is 0 Å². The molecule has 0 aliphatic carbocycles. The zero-order chi connectivity index (χ0) is 13.2.